The minimum absolute atomic E-state index is 0.153. The SMILES string of the molecule is CN(Cc1cccc(C#N)c1)C(=O)c1n[nH]c2ncnc(N[C@@H]3CC[C@@H](O)[C@H]3O)c12. The van der Waals surface area contributed by atoms with Gasteiger partial charge in [0, 0.05) is 13.6 Å². The van der Waals surface area contributed by atoms with Gasteiger partial charge in [0.05, 0.1) is 35.3 Å². The monoisotopic (exact) mass is 407 g/mol. The molecule has 0 aliphatic heterocycles. The number of nitriles is 1. The predicted molar refractivity (Wildman–Crippen MR) is 107 cm³/mol. The van der Waals surface area contributed by atoms with Crippen LogP contribution in [0.5, 0.6) is 0 Å². The van der Waals surface area contributed by atoms with Gasteiger partial charge in [-0.3, -0.25) is 9.89 Å². The van der Waals surface area contributed by atoms with E-state index in [9.17, 15) is 15.0 Å². The Morgan fingerprint density at radius 1 is 1.37 bits per heavy atom. The van der Waals surface area contributed by atoms with Gasteiger partial charge >= 0.3 is 0 Å². The fourth-order valence-corrected chi connectivity index (χ4v) is 3.68. The predicted octanol–water partition coefficient (Wildman–Crippen LogP) is 0.793. The Labute approximate surface area is 172 Å². The van der Waals surface area contributed by atoms with E-state index >= 15 is 0 Å². The van der Waals surface area contributed by atoms with Crippen molar-refractivity contribution in [1.82, 2.24) is 25.1 Å². The van der Waals surface area contributed by atoms with Gasteiger partial charge in [-0.05, 0) is 30.5 Å². The highest BCUT2D eigenvalue weighted by molar-refractivity contribution is 6.07. The third kappa shape index (κ3) is 3.68. The average Bonchev–Trinajstić information content (AvgIpc) is 3.32. The molecule has 0 bridgehead atoms. The van der Waals surface area contributed by atoms with Crippen LogP contribution in [0.3, 0.4) is 0 Å². The number of nitrogens with zero attached hydrogens (tertiary/aromatic N) is 5. The van der Waals surface area contributed by atoms with Crippen LogP contribution in [0.4, 0.5) is 5.82 Å². The molecule has 154 valence electrons. The van der Waals surface area contributed by atoms with Gasteiger partial charge in [-0.25, -0.2) is 9.97 Å². The third-order valence-electron chi connectivity index (χ3n) is 5.28. The summed E-state index contributed by atoms with van der Waals surface area (Å²) in [7, 11) is 1.65. The smallest absolute Gasteiger partial charge is 0.275 e. The fourth-order valence-electron chi connectivity index (χ4n) is 3.68. The Hall–Kier alpha value is -3.55. The van der Waals surface area contributed by atoms with Gasteiger partial charge in [0.2, 0.25) is 0 Å². The molecule has 1 saturated carbocycles. The van der Waals surface area contributed by atoms with E-state index in [1.165, 1.54) is 11.2 Å². The van der Waals surface area contributed by atoms with E-state index in [0.29, 0.717) is 41.8 Å². The Morgan fingerprint density at radius 2 is 2.20 bits per heavy atom. The van der Waals surface area contributed by atoms with Crippen LogP contribution in [-0.2, 0) is 6.54 Å². The van der Waals surface area contributed by atoms with Crippen molar-refractivity contribution in [2.45, 2.75) is 37.6 Å². The molecule has 1 aliphatic carbocycles. The number of benzene rings is 1. The normalized spacial score (nSPS) is 20.8. The molecule has 0 spiro atoms. The van der Waals surface area contributed by atoms with Crippen molar-refractivity contribution in [3.05, 3.63) is 47.4 Å². The largest absolute Gasteiger partial charge is 0.390 e. The quantitative estimate of drug-likeness (QED) is 0.485. The molecular weight excluding hydrogens is 386 g/mol. The van der Waals surface area contributed by atoms with Gasteiger partial charge in [-0.15, -0.1) is 0 Å². The molecule has 1 fully saturated rings. The van der Waals surface area contributed by atoms with Crippen LogP contribution in [0.25, 0.3) is 11.0 Å². The minimum Gasteiger partial charge on any atom is -0.390 e. The molecule has 4 N–H and O–H groups in total. The van der Waals surface area contributed by atoms with Crippen LogP contribution >= 0.6 is 0 Å². The van der Waals surface area contributed by atoms with E-state index in [2.05, 4.69) is 31.6 Å². The number of aliphatic hydroxyl groups is 2. The number of nitrogens with one attached hydrogen (secondary N) is 2. The summed E-state index contributed by atoms with van der Waals surface area (Å²) in [6, 6.07) is 8.75. The molecule has 30 heavy (non-hydrogen) atoms. The maximum atomic E-state index is 13.1. The van der Waals surface area contributed by atoms with E-state index < -0.39 is 12.2 Å². The van der Waals surface area contributed by atoms with Crippen LogP contribution in [-0.4, -0.2) is 66.5 Å². The number of hydrogen-bond donors (Lipinski definition) is 4. The Bertz CT molecular complexity index is 1120. The molecule has 2 aromatic heterocycles. The number of aliphatic hydroxyl groups excluding tert-OH is 2. The number of rotatable bonds is 5. The molecule has 1 aliphatic rings. The van der Waals surface area contributed by atoms with Gasteiger partial charge < -0.3 is 20.4 Å². The topological polar surface area (TPSA) is 151 Å². The molecule has 10 heteroatoms. The first-order valence-electron chi connectivity index (χ1n) is 9.54. The second kappa shape index (κ2) is 8.06. The maximum Gasteiger partial charge on any atom is 0.275 e. The molecule has 3 atom stereocenters. The number of carbonyl (C=O) groups excluding carboxylic acids is 1. The van der Waals surface area contributed by atoms with Crippen molar-refractivity contribution in [2.75, 3.05) is 12.4 Å². The standard InChI is InChI=1S/C20H21N7O3/c1-27(9-12-4-2-3-11(7-12)8-21)20(30)16-15-18(22-10-23-19(15)26-25-16)24-13-5-6-14(28)17(13)29/h2-4,7,10,13-14,17,28-29H,5-6,9H2,1H3,(H2,22,23,24,25,26)/t13-,14-,17+/m1/s1. The van der Waals surface area contributed by atoms with Crippen LogP contribution < -0.4 is 5.32 Å². The molecule has 4 rings (SSSR count). The summed E-state index contributed by atoms with van der Waals surface area (Å²) >= 11 is 0. The van der Waals surface area contributed by atoms with Crippen molar-refractivity contribution >= 4 is 22.8 Å². The third-order valence-corrected chi connectivity index (χ3v) is 5.28. The van der Waals surface area contributed by atoms with Gasteiger partial charge in [0.15, 0.2) is 11.3 Å². The van der Waals surface area contributed by atoms with E-state index in [0.717, 1.165) is 5.56 Å². The fraction of sp³-hybridized carbons (Fsp3) is 0.350. The van der Waals surface area contributed by atoms with Crippen molar-refractivity contribution in [3.63, 3.8) is 0 Å². The zero-order valence-electron chi connectivity index (χ0n) is 16.3. The summed E-state index contributed by atoms with van der Waals surface area (Å²) in [5, 5.41) is 39.4. The summed E-state index contributed by atoms with van der Waals surface area (Å²) in [5.41, 5.74) is 1.89. The van der Waals surface area contributed by atoms with E-state index in [-0.39, 0.29) is 17.6 Å². The lowest BCUT2D eigenvalue weighted by molar-refractivity contribution is 0.0392. The molecule has 1 amide bonds. The molecule has 10 nitrogen and oxygen atoms in total. The average molecular weight is 407 g/mol. The van der Waals surface area contributed by atoms with Crippen LogP contribution in [0.15, 0.2) is 30.6 Å². The summed E-state index contributed by atoms with van der Waals surface area (Å²) in [6.07, 6.45) is 0.682. The van der Waals surface area contributed by atoms with Crippen LogP contribution in [0.2, 0.25) is 0 Å². The Morgan fingerprint density at radius 3 is 2.93 bits per heavy atom. The summed E-state index contributed by atoms with van der Waals surface area (Å²) in [6.45, 7) is 0.298. The highest BCUT2D eigenvalue weighted by atomic mass is 16.3. The number of amides is 1. The van der Waals surface area contributed by atoms with Crippen molar-refractivity contribution in [2.24, 2.45) is 0 Å². The first-order chi connectivity index (χ1) is 14.5. The second-order valence-electron chi connectivity index (χ2n) is 7.38. The van der Waals surface area contributed by atoms with Crippen molar-refractivity contribution < 1.29 is 15.0 Å². The van der Waals surface area contributed by atoms with Gasteiger partial charge in [-0.2, -0.15) is 10.4 Å². The second-order valence-corrected chi connectivity index (χ2v) is 7.38. The number of hydrogen-bond acceptors (Lipinski definition) is 8. The lowest BCUT2D eigenvalue weighted by Gasteiger charge is -2.19. The Balaban J connectivity index is 1.60. The highest BCUT2D eigenvalue weighted by Crippen LogP contribution is 2.28. The molecule has 3 aromatic rings. The molecule has 0 radical (unpaired) electrons. The van der Waals surface area contributed by atoms with E-state index in [1.807, 2.05) is 6.07 Å². The summed E-state index contributed by atoms with van der Waals surface area (Å²) in [4.78, 5) is 22.9. The molecule has 0 unspecified atom stereocenters. The van der Waals surface area contributed by atoms with Gasteiger partial charge in [0.25, 0.3) is 5.91 Å². The minimum atomic E-state index is -0.920. The van der Waals surface area contributed by atoms with E-state index in [4.69, 9.17) is 5.26 Å². The Kier molecular flexibility index (Phi) is 5.31. The summed E-state index contributed by atoms with van der Waals surface area (Å²) in [5.74, 6) is 0.0311. The van der Waals surface area contributed by atoms with Crippen molar-refractivity contribution in [1.29, 1.82) is 5.26 Å². The maximum absolute atomic E-state index is 13.1. The first kappa shape index (κ1) is 19.8. The van der Waals surface area contributed by atoms with Crippen molar-refractivity contribution in [3.8, 4) is 6.07 Å². The lowest BCUT2D eigenvalue weighted by Crippen LogP contribution is -2.34. The summed E-state index contributed by atoms with van der Waals surface area (Å²) < 4.78 is 0. The highest BCUT2D eigenvalue weighted by Gasteiger charge is 2.34. The zero-order chi connectivity index (χ0) is 21.3. The number of H-pyrrole nitrogens is 1. The molecular formula is C20H21N7O3. The number of aromatic nitrogens is 4. The number of aromatic amines is 1. The molecule has 2 heterocycles. The zero-order valence-corrected chi connectivity index (χ0v) is 16.3. The number of carbonyl (C=O) groups is 1. The van der Waals surface area contributed by atoms with Crippen LogP contribution in [0, 0.1) is 11.3 Å². The lowest BCUT2D eigenvalue weighted by atomic mass is 10.1. The van der Waals surface area contributed by atoms with Gasteiger partial charge in [0.1, 0.15) is 12.1 Å². The number of fused-ring (bicyclic) bond motifs is 1. The van der Waals surface area contributed by atoms with Gasteiger partial charge in [-0.1, -0.05) is 12.1 Å². The van der Waals surface area contributed by atoms with E-state index in [1.54, 1.807) is 25.2 Å². The van der Waals surface area contributed by atoms with Crippen LogP contribution in [0.1, 0.15) is 34.5 Å². The molecule has 1 aromatic carbocycles. The molecule has 0 saturated heterocycles. The first-order valence-corrected chi connectivity index (χ1v) is 9.54. The number of anilines is 1.